The van der Waals surface area contributed by atoms with Gasteiger partial charge in [-0.1, -0.05) is 36.4 Å². The Balaban J connectivity index is 1.60. The molecule has 0 aliphatic rings. The Labute approximate surface area is 135 Å². The maximum atomic E-state index is 12.2. The second-order valence-electron chi connectivity index (χ2n) is 5.53. The molecule has 0 saturated heterocycles. The van der Waals surface area contributed by atoms with E-state index in [2.05, 4.69) is 14.7 Å². The Morgan fingerprint density at radius 2 is 1.83 bits per heavy atom. The molecular weight excluding hydrogens is 310 g/mol. The zero-order valence-electron chi connectivity index (χ0n) is 12.9. The highest BCUT2D eigenvalue weighted by atomic mass is 32.2. The molecule has 6 heteroatoms. The fourth-order valence-electron chi connectivity index (χ4n) is 2.48. The normalized spacial score (nSPS) is 11.9. The molecular formula is C17H19N3O2S. The van der Waals surface area contributed by atoms with E-state index in [-0.39, 0.29) is 5.75 Å². The van der Waals surface area contributed by atoms with Crippen LogP contribution >= 0.6 is 0 Å². The lowest BCUT2D eigenvalue weighted by molar-refractivity contribution is 0.580. The number of para-hydroxylation sites is 2. The number of hydrogen-bond acceptors (Lipinski definition) is 3. The highest BCUT2D eigenvalue weighted by Crippen LogP contribution is 2.12. The number of nitrogens with zero attached hydrogens (tertiary/aromatic N) is 1. The molecule has 0 aliphatic carbocycles. The van der Waals surface area contributed by atoms with E-state index in [4.69, 9.17) is 0 Å². The number of benzene rings is 2. The summed E-state index contributed by atoms with van der Waals surface area (Å²) in [4.78, 5) is 7.63. The van der Waals surface area contributed by atoms with Gasteiger partial charge in [0.2, 0.25) is 10.0 Å². The van der Waals surface area contributed by atoms with Gasteiger partial charge in [0, 0.05) is 13.0 Å². The Kier molecular flexibility index (Phi) is 4.45. The van der Waals surface area contributed by atoms with E-state index < -0.39 is 10.0 Å². The number of H-pyrrole nitrogens is 1. The first-order chi connectivity index (χ1) is 11.0. The first-order valence-corrected chi connectivity index (χ1v) is 9.14. The van der Waals surface area contributed by atoms with Crippen LogP contribution in [0.1, 0.15) is 17.0 Å². The van der Waals surface area contributed by atoms with Crippen LogP contribution in [0.4, 0.5) is 0 Å². The quantitative estimate of drug-likeness (QED) is 0.730. The lowest BCUT2D eigenvalue weighted by Crippen LogP contribution is -2.27. The Bertz CT molecular complexity index is 883. The van der Waals surface area contributed by atoms with Crippen molar-refractivity contribution >= 4 is 21.1 Å². The first kappa shape index (κ1) is 15.7. The van der Waals surface area contributed by atoms with Crippen molar-refractivity contribution in [1.82, 2.24) is 14.7 Å². The third-order valence-electron chi connectivity index (χ3n) is 3.73. The van der Waals surface area contributed by atoms with E-state index in [1.165, 1.54) is 0 Å². The Morgan fingerprint density at radius 1 is 1.09 bits per heavy atom. The fourth-order valence-corrected chi connectivity index (χ4v) is 3.73. The minimum Gasteiger partial charge on any atom is -0.342 e. The summed E-state index contributed by atoms with van der Waals surface area (Å²) < 4.78 is 27.0. The van der Waals surface area contributed by atoms with Gasteiger partial charge in [0.15, 0.2) is 0 Å². The van der Waals surface area contributed by atoms with Gasteiger partial charge in [-0.2, -0.15) is 0 Å². The molecule has 3 rings (SSSR count). The molecule has 0 saturated carbocycles. The largest absolute Gasteiger partial charge is 0.342 e. The predicted octanol–water partition coefficient (Wildman–Crippen LogP) is 2.53. The van der Waals surface area contributed by atoms with Crippen molar-refractivity contribution in [2.24, 2.45) is 0 Å². The van der Waals surface area contributed by atoms with Gasteiger partial charge in [-0.25, -0.2) is 18.1 Å². The zero-order valence-corrected chi connectivity index (χ0v) is 13.7. The topological polar surface area (TPSA) is 74.8 Å². The number of hydrogen-bond donors (Lipinski definition) is 2. The monoisotopic (exact) mass is 329 g/mol. The molecule has 2 aromatic carbocycles. The van der Waals surface area contributed by atoms with Gasteiger partial charge in [-0.3, -0.25) is 0 Å². The summed E-state index contributed by atoms with van der Waals surface area (Å²) in [6.07, 6.45) is 0.529. The van der Waals surface area contributed by atoms with Crippen molar-refractivity contribution in [3.8, 4) is 0 Å². The van der Waals surface area contributed by atoms with Crippen LogP contribution in [-0.2, 0) is 22.2 Å². The average molecular weight is 329 g/mol. The molecule has 0 bridgehead atoms. The second-order valence-corrected chi connectivity index (χ2v) is 7.34. The molecule has 3 aromatic rings. The van der Waals surface area contributed by atoms with Crippen molar-refractivity contribution in [1.29, 1.82) is 0 Å². The van der Waals surface area contributed by atoms with Gasteiger partial charge in [0.05, 0.1) is 16.8 Å². The van der Waals surface area contributed by atoms with E-state index in [9.17, 15) is 8.42 Å². The van der Waals surface area contributed by atoms with Gasteiger partial charge in [-0.05, 0) is 30.2 Å². The Hall–Kier alpha value is -2.18. The van der Waals surface area contributed by atoms with Crippen molar-refractivity contribution in [3.63, 3.8) is 0 Å². The van der Waals surface area contributed by atoms with Crippen LogP contribution < -0.4 is 4.72 Å². The van der Waals surface area contributed by atoms with Gasteiger partial charge in [0.1, 0.15) is 5.82 Å². The summed E-state index contributed by atoms with van der Waals surface area (Å²) in [5.41, 5.74) is 3.66. The summed E-state index contributed by atoms with van der Waals surface area (Å²) in [5, 5.41) is 0. The van der Waals surface area contributed by atoms with Crippen molar-refractivity contribution in [3.05, 3.63) is 65.5 Å². The summed E-state index contributed by atoms with van der Waals surface area (Å²) in [5.74, 6) is 0.782. The lowest BCUT2D eigenvalue weighted by Gasteiger charge is -2.08. The standard InChI is InChI=1S/C17H19N3O2S/c1-13-6-2-3-7-14(13)12-23(21,22)18-11-10-17-19-15-8-4-5-9-16(15)20-17/h2-9,18H,10-12H2,1H3,(H,19,20). The van der Waals surface area contributed by atoms with E-state index in [1.54, 1.807) is 0 Å². The van der Waals surface area contributed by atoms with Crippen molar-refractivity contribution < 1.29 is 8.42 Å². The second kappa shape index (κ2) is 6.52. The SMILES string of the molecule is Cc1ccccc1CS(=O)(=O)NCCc1nc2ccccc2[nH]1. The highest BCUT2D eigenvalue weighted by molar-refractivity contribution is 7.88. The molecule has 5 nitrogen and oxygen atoms in total. The number of sulfonamides is 1. The fraction of sp³-hybridized carbons (Fsp3) is 0.235. The predicted molar refractivity (Wildman–Crippen MR) is 91.6 cm³/mol. The third-order valence-corrected chi connectivity index (χ3v) is 5.06. The number of aryl methyl sites for hydroxylation is 1. The molecule has 0 atom stereocenters. The molecule has 0 unspecified atom stereocenters. The molecule has 1 aromatic heterocycles. The van der Waals surface area contributed by atoms with Crippen LogP contribution in [0.25, 0.3) is 11.0 Å². The summed E-state index contributed by atoms with van der Waals surface area (Å²) in [7, 11) is -3.35. The van der Waals surface area contributed by atoms with Gasteiger partial charge < -0.3 is 4.98 Å². The molecule has 0 radical (unpaired) electrons. The Morgan fingerprint density at radius 3 is 2.61 bits per heavy atom. The lowest BCUT2D eigenvalue weighted by atomic mass is 10.1. The highest BCUT2D eigenvalue weighted by Gasteiger charge is 2.13. The summed E-state index contributed by atoms with van der Waals surface area (Å²) in [6, 6.07) is 15.3. The van der Waals surface area contributed by atoms with Crippen LogP contribution in [0.5, 0.6) is 0 Å². The van der Waals surface area contributed by atoms with Gasteiger partial charge >= 0.3 is 0 Å². The van der Waals surface area contributed by atoms with E-state index in [0.29, 0.717) is 13.0 Å². The molecule has 0 amide bonds. The van der Waals surface area contributed by atoms with E-state index in [0.717, 1.165) is 28.0 Å². The van der Waals surface area contributed by atoms with Crippen molar-refractivity contribution in [2.45, 2.75) is 19.1 Å². The maximum Gasteiger partial charge on any atom is 0.215 e. The molecule has 0 aliphatic heterocycles. The van der Waals surface area contributed by atoms with E-state index in [1.807, 2.05) is 55.5 Å². The van der Waals surface area contributed by atoms with Crippen LogP contribution in [0.2, 0.25) is 0 Å². The summed E-state index contributed by atoms with van der Waals surface area (Å²) >= 11 is 0. The van der Waals surface area contributed by atoms with Crippen LogP contribution in [-0.4, -0.2) is 24.9 Å². The van der Waals surface area contributed by atoms with Crippen LogP contribution in [0.3, 0.4) is 0 Å². The van der Waals surface area contributed by atoms with Crippen LogP contribution in [0.15, 0.2) is 48.5 Å². The summed E-state index contributed by atoms with van der Waals surface area (Å²) in [6.45, 7) is 2.24. The number of rotatable bonds is 6. The third kappa shape index (κ3) is 3.97. The number of fused-ring (bicyclic) bond motifs is 1. The zero-order chi connectivity index (χ0) is 16.3. The molecule has 1 heterocycles. The van der Waals surface area contributed by atoms with Gasteiger partial charge in [-0.15, -0.1) is 0 Å². The molecule has 0 fully saturated rings. The van der Waals surface area contributed by atoms with Crippen LogP contribution in [0, 0.1) is 6.92 Å². The van der Waals surface area contributed by atoms with Crippen molar-refractivity contribution in [2.75, 3.05) is 6.54 Å². The molecule has 120 valence electrons. The number of aromatic nitrogens is 2. The minimum absolute atomic E-state index is 0.000195. The maximum absolute atomic E-state index is 12.2. The van der Waals surface area contributed by atoms with E-state index >= 15 is 0 Å². The molecule has 23 heavy (non-hydrogen) atoms. The number of aromatic amines is 1. The van der Waals surface area contributed by atoms with Gasteiger partial charge in [0.25, 0.3) is 0 Å². The number of nitrogens with one attached hydrogen (secondary N) is 2. The molecule has 2 N–H and O–H groups in total. The number of imidazole rings is 1. The smallest absolute Gasteiger partial charge is 0.215 e. The minimum atomic E-state index is -3.35. The average Bonchev–Trinajstić information content (AvgIpc) is 2.92. The first-order valence-electron chi connectivity index (χ1n) is 7.49. The molecule has 0 spiro atoms.